The van der Waals surface area contributed by atoms with Gasteiger partial charge in [0.25, 0.3) is 0 Å². The van der Waals surface area contributed by atoms with Crippen LogP contribution in [-0.2, 0) is 22.6 Å². The molecule has 1 aliphatic heterocycles. The van der Waals surface area contributed by atoms with Crippen molar-refractivity contribution in [2.24, 2.45) is 4.99 Å². The van der Waals surface area contributed by atoms with Gasteiger partial charge in [0.05, 0.1) is 26.4 Å². The number of benzene rings is 1. The molecule has 0 spiro atoms. The summed E-state index contributed by atoms with van der Waals surface area (Å²) in [7, 11) is 0. The first kappa shape index (κ1) is 22.2. The lowest BCUT2D eigenvalue weighted by molar-refractivity contribution is -0.176. The van der Waals surface area contributed by atoms with Gasteiger partial charge >= 0.3 is 6.18 Å². The first-order chi connectivity index (χ1) is 13.5. The molecule has 1 aliphatic rings. The molecule has 2 rings (SSSR count). The molecule has 0 aromatic heterocycles. The van der Waals surface area contributed by atoms with E-state index in [2.05, 4.69) is 26.4 Å². The van der Waals surface area contributed by atoms with Gasteiger partial charge in [0, 0.05) is 13.1 Å². The van der Waals surface area contributed by atoms with Crippen molar-refractivity contribution in [1.82, 2.24) is 10.6 Å². The third-order valence-corrected chi connectivity index (χ3v) is 4.12. The minimum absolute atomic E-state index is 0.0614. The highest BCUT2D eigenvalue weighted by atomic mass is 19.4. The molecule has 0 saturated heterocycles. The van der Waals surface area contributed by atoms with Crippen molar-refractivity contribution in [2.75, 3.05) is 32.9 Å². The Kier molecular flexibility index (Phi) is 9.30. The van der Waals surface area contributed by atoms with Crippen molar-refractivity contribution in [2.45, 2.75) is 39.1 Å². The number of nitrogens with one attached hydrogen (secondary N) is 2. The van der Waals surface area contributed by atoms with Crippen molar-refractivity contribution >= 4 is 5.96 Å². The number of hydrogen-bond donors (Lipinski definition) is 2. The van der Waals surface area contributed by atoms with E-state index in [1.54, 1.807) is 12.1 Å². The lowest BCUT2D eigenvalue weighted by Gasteiger charge is -2.15. The largest absolute Gasteiger partial charge is 0.411 e. The van der Waals surface area contributed by atoms with Gasteiger partial charge in [-0.25, -0.2) is 4.99 Å². The van der Waals surface area contributed by atoms with Crippen molar-refractivity contribution in [3.8, 4) is 0 Å². The SMILES string of the molecule is CCNC(=NCc1ccc(COCC(F)(F)F)cc1)NCCC1=CCOCC1. The number of nitrogens with zero attached hydrogens (tertiary/aromatic N) is 1. The fraction of sp³-hybridized carbons (Fsp3) is 0.550. The van der Waals surface area contributed by atoms with Crippen LogP contribution in [0, 0.1) is 0 Å². The Morgan fingerprint density at radius 3 is 2.57 bits per heavy atom. The van der Waals surface area contributed by atoms with Gasteiger partial charge in [-0.2, -0.15) is 13.2 Å². The van der Waals surface area contributed by atoms with Crippen LogP contribution in [0.1, 0.15) is 30.9 Å². The highest BCUT2D eigenvalue weighted by Crippen LogP contribution is 2.16. The standard InChI is InChI=1S/C20H28F3N3O2/c1-2-24-19(25-10-7-16-8-11-27-12-9-16)26-13-17-3-5-18(6-4-17)14-28-15-20(21,22)23/h3-6,8H,2,7,9-15H2,1H3,(H2,24,25,26). The number of hydrogen-bond acceptors (Lipinski definition) is 3. The monoisotopic (exact) mass is 399 g/mol. The third kappa shape index (κ3) is 9.23. The van der Waals surface area contributed by atoms with Crippen LogP contribution in [0.2, 0.25) is 0 Å². The van der Waals surface area contributed by atoms with Gasteiger partial charge < -0.3 is 20.1 Å². The smallest absolute Gasteiger partial charge is 0.377 e. The van der Waals surface area contributed by atoms with Crippen molar-refractivity contribution in [3.63, 3.8) is 0 Å². The molecule has 0 aliphatic carbocycles. The molecule has 1 heterocycles. The van der Waals surface area contributed by atoms with Crippen LogP contribution in [-0.4, -0.2) is 45.0 Å². The molecule has 0 atom stereocenters. The van der Waals surface area contributed by atoms with Crippen LogP contribution in [0.15, 0.2) is 40.9 Å². The Bertz CT molecular complexity index is 643. The molecule has 0 amide bonds. The Balaban J connectivity index is 1.78. The van der Waals surface area contributed by atoms with Crippen molar-refractivity contribution in [1.29, 1.82) is 0 Å². The summed E-state index contributed by atoms with van der Waals surface area (Å²) in [6.45, 7) is 4.24. The summed E-state index contributed by atoms with van der Waals surface area (Å²) in [5.74, 6) is 0.743. The number of aliphatic imine (C=N–C) groups is 1. The average Bonchev–Trinajstić information content (AvgIpc) is 2.67. The zero-order valence-corrected chi connectivity index (χ0v) is 16.1. The van der Waals surface area contributed by atoms with Crippen LogP contribution in [0.4, 0.5) is 13.2 Å². The van der Waals surface area contributed by atoms with Crippen LogP contribution in [0.3, 0.4) is 0 Å². The zero-order valence-electron chi connectivity index (χ0n) is 16.1. The molecule has 28 heavy (non-hydrogen) atoms. The van der Waals surface area contributed by atoms with Gasteiger partial charge in [-0.1, -0.05) is 35.9 Å². The second-order valence-electron chi connectivity index (χ2n) is 6.48. The minimum Gasteiger partial charge on any atom is -0.377 e. The molecule has 156 valence electrons. The summed E-state index contributed by atoms with van der Waals surface area (Å²) in [4.78, 5) is 4.56. The van der Waals surface area contributed by atoms with Crippen LogP contribution < -0.4 is 10.6 Å². The number of halogens is 3. The molecule has 0 fully saturated rings. The lowest BCUT2D eigenvalue weighted by atomic mass is 10.1. The predicted molar refractivity (Wildman–Crippen MR) is 103 cm³/mol. The fourth-order valence-electron chi connectivity index (χ4n) is 2.67. The zero-order chi connectivity index (χ0) is 20.2. The van der Waals surface area contributed by atoms with Gasteiger partial charge in [0.1, 0.15) is 6.61 Å². The molecule has 5 nitrogen and oxygen atoms in total. The number of rotatable bonds is 9. The summed E-state index contributed by atoms with van der Waals surface area (Å²) in [5, 5.41) is 6.53. The second-order valence-corrected chi connectivity index (χ2v) is 6.48. The maximum atomic E-state index is 12.1. The Hall–Kier alpha value is -2.06. The molecule has 0 bridgehead atoms. The first-order valence-electron chi connectivity index (χ1n) is 9.46. The van der Waals surface area contributed by atoms with E-state index in [0.29, 0.717) is 18.7 Å². The van der Waals surface area contributed by atoms with Gasteiger partial charge in [0.15, 0.2) is 5.96 Å². The van der Waals surface area contributed by atoms with E-state index in [1.165, 1.54) is 5.57 Å². The number of alkyl halides is 3. The highest BCUT2D eigenvalue weighted by molar-refractivity contribution is 5.79. The van der Waals surface area contributed by atoms with E-state index in [9.17, 15) is 13.2 Å². The molecule has 0 unspecified atom stereocenters. The fourth-order valence-corrected chi connectivity index (χ4v) is 2.67. The summed E-state index contributed by atoms with van der Waals surface area (Å²) in [5.41, 5.74) is 3.08. The molecular formula is C20H28F3N3O2. The minimum atomic E-state index is -4.30. The Morgan fingerprint density at radius 1 is 1.18 bits per heavy atom. The first-order valence-corrected chi connectivity index (χ1v) is 9.46. The van der Waals surface area contributed by atoms with E-state index in [1.807, 2.05) is 19.1 Å². The summed E-state index contributed by atoms with van der Waals surface area (Å²) in [6.07, 6.45) is -0.227. The van der Waals surface area contributed by atoms with E-state index >= 15 is 0 Å². The van der Waals surface area contributed by atoms with Crippen LogP contribution >= 0.6 is 0 Å². The number of ether oxygens (including phenoxy) is 2. The number of guanidine groups is 1. The van der Waals surface area contributed by atoms with Crippen LogP contribution in [0.5, 0.6) is 0 Å². The Morgan fingerprint density at radius 2 is 1.93 bits per heavy atom. The van der Waals surface area contributed by atoms with Gasteiger partial charge in [-0.15, -0.1) is 0 Å². The van der Waals surface area contributed by atoms with Crippen molar-refractivity contribution in [3.05, 3.63) is 47.0 Å². The summed E-state index contributed by atoms with van der Waals surface area (Å²) in [6, 6.07) is 7.23. The molecule has 8 heteroatoms. The third-order valence-electron chi connectivity index (χ3n) is 4.12. The molecule has 0 saturated carbocycles. The maximum absolute atomic E-state index is 12.1. The average molecular weight is 399 g/mol. The molecule has 1 aromatic rings. The maximum Gasteiger partial charge on any atom is 0.411 e. The van der Waals surface area contributed by atoms with E-state index in [-0.39, 0.29) is 6.61 Å². The van der Waals surface area contributed by atoms with E-state index < -0.39 is 12.8 Å². The topological polar surface area (TPSA) is 54.9 Å². The summed E-state index contributed by atoms with van der Waals surface area (Å²) >= 11 is 0. The van der Waals surface area contributed by atoms with Gasteiger partial charge in [-0.05, 0) is 30.9 Å². The van der Waals surface area contributed by atoms with Crippen LogP contribution in [0.25, 0.3) is 0 Å². The lowest BCUT2D eigenvalue weighted by Crippen LogP contribution is -2.38. The predicted octanol–water partition coefficient (Wildman–Crippen LogP) is 3.56. The summed E-state index contributed by atoms with van der Waals surface area (Å²) < 4.78 is 46.3. The second kappa shape index (κ2) is 11.7. The van der Waals surface area contributed by atoms with E-state index in [4.69, 9.17) is 4.74 Å². The van der Waals surface area contributed by atoms with Gasteiger partial charge in [0.2, 0.25) is 0 Å². The van der Waals surface area contributed by atoms with Gasteiger partial charge in [-0.3, -0.25) is 0 Å². The van der Waals surface area contributed by atoms with Crippen molar-refractivity contribution < 1.29 is 22.6 Å². The molecular weight excluding hydrogens is 371 g/mol. The van der Waals surface area contributed by atoms with E-state index in [0.717, 1.165) is 44.1 Å². The molecule has 1 aromatic carbocycles. The normalized spacial score (nSPS) is 15.3. The molecule has 2 N–H and O–H groups in total. The molecule has 0 radical (unpaired) electrons. The Labute approximate surface area is 164 Å². The highest BCUT2D eigenvalue weighted by Gasteiger charge is 2.27. The quantitative estimate of drug-likeness (QED) is 0.379.